The van der Waals surface area contributed by atoms with Gasteiger partial charge in [0.05, 0.1) is 0 Å². The Hall–Kier alpha value is -1.32. The summed E-state index contributed by atoms with van der Waals surface area (Å²) >= 11 is 0. The number of nitrogens with zero attached hydrogens (tertiary/aromatic N) is 2. The van der Waals surface area contributed by atoms with Crippen LogP contribution in [0.5, 0.6) is 0 Å². The molecule has 0 atom stereocenters. The molecule has 0 saturated heterocycles. The Bertz CT molecular complexity index is 310. The molecule has 1 aromatic rings. The van der Waals surface area contributed by atoms with Gasteiger partial charge >= 0.3 is 0 Å². The van der Waals surface area contributed by atoms with E-state index < -0.39 is 0 Å². The first-order chi connectivity index (χ1) is 7.58. The summed E-state index contributed by atoms with van der Waals surface area (Å²) < 4.78 is 0. The molecule has 0 aliphatic carbocycles. The molecule has 0 aliphatic heterocycles. The van der Waals surface area contributed by atoms with Gasteiger partial charge in [0.2, 0.25) is 0 Å². The van der Waals surface area contributed by atoms with Crippen LogP contribution in [0.15, 0.2) is 12.4 Å². The first kappa shape index (κ1) is 12.7. The van der Waals surface area contributed by atoms with Gasteiger partial charge in [-0.05, 0) is 26.2 Å². The van der Waals surface area contributed by atoms with E-state index in [2.05, 4.69) is 48.3 Å². The lowest BCUT2D eigenvalue weighted by Crippen LogP contribution is -2.12. The predicted octanol–water partition coefficient (Wildman–Crippen LogP) is 2.75. The average molecular weight is 222 g/mol. The van der Waals surface area contributed by atoms with E-state index in [0.29, 0.717) is 12.0 Å². The maximum atomic E-state index is 4.18. The zero-order chi connectivity index (χ0) is 12.0. The fourth-order valence-corrected chi connectivity index (χ4v) is 1.32. The smallest absolute Gasteiger partial charge is 0.131 e. The molecule has 0 unspecified atom stereocenters. The van der Waals surface area contributed by atoms with Crippen LogP contribution in [-0.4, -0.2) is 22.6 Å². The van der Waals surface area contributed by atoms with Crippen LogP contribution < -0.4 is 10.6 Å². The molecule has 0 fully saturated rings. The van der Waals surface area contributed by atoms with E-state index in [0.717, 1.165) is 24.6 Å². The Morgan fingerprint density at radius 3 is 2.44 bits per heavy atom. The van der Waals surface area contributed by atoms with Crippen LogP contribution in [0.25, 0.3) is 0 Å². The summed E-state index contributed by atoms with van der Waals surface area (Å²) in [6.07, 6.45) is 2.74. The van der Waals surface area contributed by atoms with Crippen molar-refractivity contribution < 1.29 is 0 Å². The second-order valence-corrected chi connectivity index (χ2v) is 4.70. The van der Waals surface area contributed by atoms with Gasteiger partial charge in [-0.2, -0.15) is 0 Å². The second-order valence-electron chi connectivity index (χ2n) is 4.70. The Morgan fingerprint density at radius 2 is 1.81 bits per heavy atom. The minimum absolute atomic E-state index is 0.387. The largest absolute Gasteiger partial charge is 0.370 e. The van der Waals surface area contributed by atoms with Gasteiger partial charge in [-0.3, -0.25) is 0 Å². The summed E-state index contributed by atoms with van der Waals surface area (Å²) in [7, 11) is 0. The fraction of sp³-hybridized carbons (Fsp3) is 0.667. The molecule has 0 radical (unpaired) electrons. The molecule has 0 aliphatic rings. The number of hydrogen-bond acceptors (Lipinski definition) is 4. The molecule has 0 saturated carbocycles. The highest BCUT2D eigenvalue weighted by Crippen LogP contribution is 2.10. The molecule has 1 heterocycles. The molecule has 2 N–H and O–H groups in total. The molecular formula is C12H22N4. The molecule has 1 aromatic heterocycles. The van der Waals surface area contributed by atoms with Crippen molar-refractivity contribution >= 4 is 11.6 Å². The highest BCUT2D eigenvalue weighted by Gasteiger charge is 2.00. The molecule has 1 rings (SSSR count). The van der Waals surface area contributed by atoms with Crippen LogP contribution >= 0.6 is 0 Å². The van der Waals surface area contributed by atoms with E-state index in [9.17, 15) is 0 Å². The van der Waals surface area contributed by atoms with Crippen LogP contribution in [0, 0.1) is 5.92 Å². The van der Waals surface area contributed by atoms with Crippen LogP contribution in [-0.2, 0) is 0 Å². The van der Waals surface area contributed by atoms with Gasteiger partial charge in [-0.15, -0.1) is 0 Å². The summed E-state index contributed by atoms with van der Waals surface area (Å²) in [4.78, 5) is 8.34. The summed E-state index contributed by atoms with van der Waals surface area (Å²) in [6.45, 7) is 9.57. The van der Waals surface area contributed by atoms with Crippen molar-refractivity contribution in [2.75, 3.05) is 17.2 Å². The van der Waals surface area contributed by atoms with Gasteiger partial charge in [0, 0.05) is 18.7 Å². The third kappa shape index (κ3) is 4.96. The van der Waals surface area contributed by atoms with Crippen molar-refractivity contribution in [3.8, 4) is 0 Å². The first-order valence-corrected chi connectivity index (χ1v) is 5.90. The lowest BCUT2D eigenvalue weighted by Gasteiger charge is -2.11. The zero-order valence-electron chi connectivity index (χ0n) is 10.6. The van der Waals surface area contributed by atoms with Gasteiger partial charge in [-0.1, -0.05) is 13.8 Å². The number of aromatic nitrogens is 2. The van der Waals surface area contributed by atoms with Crippen LogP contribution in [0.3, 0.4) is 0 Å². The van der Waals surface area contributed by atoms with Gasteiger partial charge in [-0.25, -0.2) is 9.97 Å². The molecule has 0 amide bonds. The summed E-state index contributed by atoms with van der Waals surface area (Å²) in [6, 6.07) is 2.33. The lowest BCUT2D eigenvalue weighted by atomic mass is 10.1. The fourth-order valence-electron chi connectivity index (χ4n) is 1.32. The summed E-state index contributed by atoms with van der Waals surface area (Å²) in [5.41, 5.74) is 0. The SMILES string of the molecule is CC(C)CCNc1cc(NC(C)C)ncn1. The molecule has 4 heteroatoms. The van der Waals surface area contributed by atoms with Crippen molar-refractivity contribution in [1.82, 2.24) is 9.97 Å². The first-order valence-electron chi connectivity index (χ1n) is 5.90. The number of hydrogen-bond donors (Lipinski definition) is 2. The van der Waals surface area contributed by atoms with E-state index >= 15 is 0 Å². The van der Waals surface area contributed by atoms with Crippen LogP contribution in [0.2, 0.25) is 0 Å². The number of rotatable bonds is 6. The van der Waals surface area contributed by atoms with Crippen LogP contribution in [0.1, 0.15) is 34.1 Å². The predicted molar refractivity (Wildman–Crippen MR) is 68.7 cm³/mol. The standard InChI is InChI=1S/C12H22N4/c1-9(2)5-6-13-11-7-12(15-8-14-11)16-10(3)4/h7-10H,5-6H2,1-4H3,(H2,13,14,15,16). The van der Waals surface area contributed by atoms with E-state index in [-0.39, 0.29) is 0 Å². The molecule has 0 bridgehead atoms. The maximum absolute atomic E-state index is 4.18. The molecule has 16 heavy (non-hydrogen) atoms. The zero-order valence-corrected chi connectivity index (χ0v) is 10.6. The Morgan fingerprint density at radius 1 is 1.12 bits per heavy atom. The van der Waals surface area contributed by atoms with Crippen molar-refractivity contribution in [3.63, 3.8) is 0 Å². The van der Waals surface area contributed by atoms with Crippen molar-refractivity contribution in [2.45, 2.75) is 40.2 Å². The van der Waals surface area contributed by atoms with Crippen molar-refractivity contribution in [1.29, 1.82) is 0 Å². The van der Waals surface area contributed by atoms with Gasteiger partial charge < -0.3 is 10.6 Å². The topological polar surface area (TPSA) is 49.8 Å². The molecule has 4 nitrogen and oxygen atoms in total. The molecule has 90 valence electrons. The number of anilines is 2. The van der Waals surface area contributed by atoms with E-state index in [4.69, 9.17) is 0 Å². The Balaban J connectivity index is 2.47. The van der Waals surface area contributed by atoms with Crippen LogP contribution in [0.4, 0.5) is 11.6 Å². The highest BCUT2D eigenvalue weighted by atomic mass is 15.1. The average Bonchev–Trinajstić information content (AvgIpc) is 2.16. The third-order valence-electron chi connectivity index (χ3n) is 2.13. The van der Waals surface area contributed by atoms with E-state index in [1.807, 2.05) is 6.07 Å². The Kier molecular flexibility index (Phi) is 5.02. The monoisotopic (exact) mass is 222 g/mol. The minimum Gasteiger partial charge on any atom is -0.370 e. The molecule has 0 aromatic carbocycles. The summed E-state index contributed by atoms with van der Waals surface area (Å²) in [5, 5.41) is 6.55. The molecule has 0 spiro atoms. The normalized spacial score (nSPS) is 10.9. The highest BCUT2D eigenvalue weighted by molar-refractivity contribution is 5.46. The van der Waals surface area contributed by atoms with Crippen molar-refractivity contribution in [2.24, 2.45) is 5.92 Å². The second kappa shape index (κ2) is 6.30. The minimum atomic E-state index is 0.387. The third-order valence-corrected chi connectivity index (χ3v) is 2.13. The lowest BCUT2D eigenvalue weighted by molar-refractivity contribution is 0.606. The number of nitrogens with one attached hydrogen (secondary N) is 2. The van der Waals surface area contributed by atoms with Gasteiger partial charge in [0.15, 0.2) is 0 Å². The summed E-state index contributed by atoms with van der Waals surface area (Å²) in [5.74, 6) is 2.47. The quantitative estimate of drug-likeness (QED) is 0.777. The Labute approximate surface area is 97.9 Å². The van der Waals surface area contributed by atoms with E-state index in [1.54, 1.807) is 6.33 Å². The molecular weight excluding hydrogens is 200 g/mol. The maximum Gasteiger partial charge on any atom is 0.131 e. The van der Waals surface area contributed by atoms with E-state index in [1.165, 1.54) is 0 Å². The van der Waals surface area contributed by atoms with Gasteiger partial charge in [0.1, 0.15) is 18.0 Å². The van der Waals surface area contributed by atoms with Crippen molar-refractivity contribution in [3.05, 3.63) is 12.4 Å². The van der Waals surface area contributed by atoms with Gasteiger partial charge in [0.25, 0.3) is 0 Å².